The first-order valence-electron chi connectivity index (χ1n) is 4.93. The van der Waals surface area contributed by atoms with Crippen molar-refractivity contribution in [2.45, 2.75) is 12.5 Å². The summed E-state index contributed by atoms with van der Waals surface area (Å²) in [5, 5.41) is 2.71. The summed E-state index contributed by atoms with van der Waals surface area (Å²) < 4.78 is 0. The summed E-state index contributed by atoms with van der Waals surface area (Å²) in [4.78, 5) is 18.0. The zero-order chi connectivity index (χ0) is 11.5. The summed E-state index contributed by atoms with van der Waals surface area (Å²) in [5.74, 6) is 5.53. The van der Waals surface area contributed by atoms with Gasteiger partial charge in [0.05, 0.1) is 11.9 Å². The van der Waals surface area contributed by atoms with Gasteiger partial charge in [-0.3, -0.25) is 10.1 Å². The van der Waals surface area contributed by atoms with Crippen LogP contribution in [-0.2, 0) is 4.79 Å². The molecule has 0 fully saturated rings. The Bertz CT molecular complexity index is 504. The van der Waals surface area contributed by atoms with Gasteiger partial charge in [-0.2, -0.15) is 0 Å². The summed E-state index contributed by atoms with van der Waals surface area (Å²) in [6.45, 7) is 0. The van der Waals surface area contributed by atoms with Crippen LogP contribution < -0.4 is 11.1 Å². The molecule has 0 saturated heterocycles. The van der Waals surface area contributed by atoms with Crippen molar-refractivity contribution >= 4 is 11.5 Å². The van der Waals surface area contributed by atoms with Crippen molar-refractivity contribution < 1.29 is 4.79 Å². The Morgan fingerprint density at radius 3 is 3.06 bits per heavy atom. The van der Waals surface area contributed by atoms with Crippen molar-refractivity contribution in [3.05, 3.63) is 23.8 Å². The normalized spacial score (nSPS) is 14.7. The van der Waals surface area contributed by atoms with E-state index in [9.17, 15) is 4.79 Å². The molecule has 5 heteroatoms. The summed E-state index contributed by atoms with van der Waals surface area (Å²) in [6, 6.07) is -0.645. The van der Waals surface area contributed by atoms with E-state index < -0.39 is 11.9 Å². The third-order valence-electron chi connectivity index (χ3n) is 2.24. The SMILES string of the molecule is CNC(C#Cc1ncc(C2=CC2)[nH]1)C(N)=O. The number of likely N-dealkylation sites (N-methyl/N-ethyl adjacent to an activating group) is 1. The fourth-order valence-electron chi connectivity index (χ4n) is 1.24. The van der Waals surface area contributed by atoms with E-state index in [1.807, 2.05) is 0 Å². The van der Waals surface area contributed by atoms with Crippen molar-refractivity contribution in [1.82, 2.24) is 15.3 Å². The smallest absolute Gasteiger partial charge is 0.247 e. The van der Waals surface area contributed by atoms with Gasteiger partial charge < -0.3 is 10.7 Å². The number of nitrogens with zero attached hydrogens (tertiary/aromatic N) is 1. The monoisotopic (exact) mass is 216 g/mol. The van der Waals surface area contributed by atoms with Gasteiger partial charge in [-0.15, -0.1) is 0 Å². The number of rotatable bonds is 3. The number of aromatic nitrogens is 2. The fourth-order valence-corrected chi connectivity index (χ4v) is 1.24. The van der Waals surface area contributed by atoms with Crippen LogP contribution in [0.4, 0.5) is 0 Å². The second-order valence-corrected chi connectivity index (χ2v) is 3.47. The Kier molecular flexibility index (Phi) is 2.75. The quantitative estimate of drug-likeness (QED) is 0.602. The molecule has 1 aromatic heterocycles. The van der Waals surface area contributed by atoms with Crippen LogP contribution in [0.5, 0.6) is 0 Å². The van der Waals surface area contributed by atoms with Crippen LogP contribution in [0, 0.1) is 11.8 Å². The number of primary amides is 1. The van der Waals surface area contributed by atoms with Gasteiger partial charge in [0.1, 0.15) is 6.04 Å². The Balaban J connectivity index is 2.10. The van der Waals surface area contributed by atoms with Crippen molar-refractivity contribution in [2.24, 2.45) is 5.73 Å². The van der Waals surface area contributed by atoms with Crippen molar-refractivity contribution in [3.8, 4) is 11.8 Å². The molecule has 1 amide bonds. The highest BCUT2D eigenvalue weighted by atomic mass is 16.1. The standard InChI is InChI=1S/C11H12N4O/c1-13-8(11(12)16)4-5-10-14-6-9(15-10)7-2-3-7/h2,6,8,13H,3H2,1H3,(H2,12,16)(H,14,15). The lowest BCUT2D eigenvalue weighted by Gasteiger charge is -2.01. The van der Waals surface area contributed by atoms with E-state index in [0.717, 1.165) is 12.1 Å². The van der Waals surface area contributed by atoms with Crippen LogP contribution in [0.15, 0.2) is 12.3 Å². The number of carbonyl (C=O) groups is 1. The first-order valence-corrected chi connectivity index (χ1v) is 4.93. The van der Waals surface area contributed by atoms with Gasteiger partial charge in [0.2, 0.25) is 5.91 Å². The Morgan fingerprint density at radius 2 is 2.50 bits per heavy atom. The van der Waals surface area contributed by atoms with Gasteiger partial charge >= 0.3 is 0 Å². The molecular formula is C11H12N4O. The van der Waals surface area contributed by atoms with E-state index in [1.165, 1.54) is 5.57 Å². The van der Waals surface area contributed by atoms with Gasteiger partial charge in [0, 0.05) is 0 Å². The predicted octanol–water partition coefficient (Wildman–Crippen LogP) is -0.378. The lowest BCUT2D eigenvalue weighted by atomic mass is 10.3. The molecule has 5 nitrogen and oxygen atoms in total. The highest BCUT2D eigenvalue weighted by Crippen LogP contribution is 2.28. The minimum absolute atomic E-state index is 0.494. The van der Waals surface area contributed by atoms with E-state index in [2.05, 4.69) is 33.2 Å². The molecule has 0 radical (unpaired) electrons. The van der Waals surface area contributed by atoms with E-state index in [4.69, 9.17) is 5.73 Å². The van der Waals surface area contributed by atoms with Gasteiger partial charge in [-0.25, -0.2) is 4.98 Å². The average Bonchev–Trinajstić information content (AvgIpc) is 3.00. The number of amides is 1. The fraction of sp³-hybridized carbons (Fsp3) is 0.273. The summed E-state index contributed by atoms with van der Waals surface area (Å²) >= 11 is 0. The third-order valence-corrected chi connectivity index (χ3v) is 2.24. The second kappa shape index (κ2) is 4.21. The van der Waals surface area contributed by atoms with Crippen LogP contribution in [0.3, 0.4) is 0 Å². The number of imidazole rings is 1. The summed E-state index contributed by atoms with van der Waals surface area (Å²) in [7, 11) is 1.63. The largest absolute Gasteiger partial charge is 0.367 e. The molecule has 2 rings (SSSR count). The van der Waals surface area contributed by atoms with E-state index in [1.54, 1.807) is 13.2 Å². The van der Waals surface area contributed by atoms with E-state index in [0.29, 0.717) is 5.82 Å². The lowest BCUT2D eigenvalue weighted by molar-refractivity contribution is -0.118. The van der Waals surface area contributed by atoms with Crippen molar-refractivity contribution in [3.63, 3.8) is 0 Å². The van der Waals surface area contributed by atoms with Gasteiger partial charge in [-0.1, -0.05) is 12.0 Å². The Labute approximate surface area is 93.1 Å². The first-order chi connectivity index (χ1) is 7.70. The highest BCUT2D eigenvalue weighted by molar-refractivity contribution is 5.83. The molecule has 1 aromatic rings. The molecule has 0 spiro atoms. The number of carbonyl (C=O) groups excluding carboxylic acids is 1. The number of hydrogen-bond acceptors (Lipinski definition) is 3. The minimum atomic E-state index is -0.645. The predicted molar refractivity (Wildman–Crippen MR) is 60.1 cm³/mol. The van der Waals surface area contributed by atoms with E-state index in [-0.39, 0.29) is 0 Å². The number of H-pyrrole nitrogens is 1. The van der Waals surface area contributed by atoms with Crippen LogP contribution in [0.1, 0.15) is 17.9 Å². The summed E-state index contributed by atoms with van der Waals surface area (Å²) in [6.07, 6.45) is 4.85. The van der Waals surface area contributed by atoms with Gasteiger partial charge in [0.25, 0.3) is 0 Å². The van der Waals surface area contributed by atoms with E-state index >= 15 is 0 Å². The number of nitrogens with one attached hydrogen (secondary N) is 2. The average molecular weight is 216 g/mol. The molecule has 0 aliphatic heterocycles. The lowest BCUT2D eigenvalue weighted by Crippen LogP contribution is -2.37. The molecule has 0 saturated carbocycles. The molecule has 1 aliphatic rings. The molecule has 0 bridgehead atoms. The van der Waals surface area contributed by atoms with Gasteiger partial charge in [0.15, 0.2) is 5.82 Å². The van der Waals surface area contributed by atoms with Crippen LogP contribution in [0.25, 0.3) is 5.57 Å². The molecule has 1 heterocycles. The number of aromatic amines is 1. The van der Waals surface area contributed by atoms with Crippen molar-refractivity contribution in [2.75, 3.05) is 7.05 Å². The van der Waals surface area contributed by atoms with Crippen LogP contribution in [-0.4, -0.2) is 29.0 Å². The van der Waals surface area contributed by atoms with Crippen LogP contribution in [0.2, 0.25) is 0 Å². The molecule has 0 aromatic carbocycles. The molecule has 1 unspecified atom stereocenters. The van der Waals surface area contributed by atoms with Crippen molar-refractivity contribution in [1.29, 1.82) is 0 Å². The number of hydrogen-bond donors (Lipinski definition) is 3. The highest BCUT2D eigenvalue weighted by Gasteiger charge is 2.12. The molecule has 16 heavy (non-hydrogen) atoms. The topological polar surface area (TPSA) is 83.8 Å². The molecule has 4 N–H and O–H groups in total. The molecule has 82 valence electrons. The minimum Gasteiger partial charge on any atom is -0.367 e. The Hall–Kier alpha value is -2.06. The molecular weight excluding hydrogens is 204 g/mol. The zero-order valence-corrected chi connectivity index (χ0v) is 8.87. The maximum absolute atomic E-state index is 10.9. The third kappa shape index (κ3) is 2.30. The van der Waals surface area contributed by atoms with Crippen LogP contribution >= 0.6 is 0 Å². The Morgan fingerprint density at radius 1 is 1.75 bits per heavy atom. The molecule has 1 aliphatic carbocycles. The molecule has 1 atom stereocenters. The number of nitrogens with two attached hydrogens (primary N) is 1. The summed E-state index contributed by atoms with van der Waals surface area (Å²) in [5.41, 5.74) is 7.37. The maximum Gasteiger partial charge on any atom is 0.247 e. The first kappa shape index (κ1) is 10.5. The number of allylic oxidation sites excluding steroid dienone is 2. The second-order valence-electron chi connectivity index (χ2n) is 3.47. The zero-order valence-electron chi connectivity index (χ0n) is 8.87. The maximum atomic E-state index is 10.9. The van der Waals surface area contributed by atoms with Gasteiger partial charge in [-0.05, 0) is 25.0 Å².